The molecule has 2 aromatic rings. The van der Waals surface area contributed by atoms with Crippen LogP contribution in [-0.2, 0) is 0 Å². The lowest BCUT2D eigenvalue weighted by Crippen LogP contribution is -2.15. The Morgan fingerprint density at radius 2 is 1.86 bits per heavy atom. The van der Waals surface area contributed by atoms with Gasteiger partial charge in [0, 0.05) is 4.47 Å². The molecule has 0 heterocycles. The van der Waals surface area contributed by atoms with E-state index in [4.69, 9.17) is 4.74 Å². The molecule has 110 valence electrons. The van der Waals surface area contributed by atoms with Gasteiger partial charge in [-0.05, 0) is 30.3 Å². The monoisotopic (exact) mass is 359 g/mol. The van der Waals surface area contributed by atoms with Crippen LogP contribution in [0.5, 0.6) is 5.75 Å². The first-order valence-electron chi connectivity index (χ1n) is 5.72. The van der Waals surface area contributed by atoms with E-state index in [0.29, 0.717) is 4.47 Å². The smallest absolute Gasteiger partial charge is 0.259 e. The van der Waals surface area contributed by atoms with Crippen LogP contribution in [0.15, 0.2) is 34.8 Å². The van der Waals surface area contributed by atoms with Crippen LogP contribution in [0.1, 0.15) is 10.4 Å². The largest absolute Gasteiger partial charge is 0.496 e. The lowest BCUT2D eigenvalue weighted by molar-refractivity contribution is 0.102. The van der Waals surface area contributed by atoms with Crippen molar-refractivity contribution in [2.45, 2.75) is 0 Å². The predicted molar refractivity (Wildman–Crippen MR) is 75.0 cm³/mol. The summed E-state index contributed by atoms with van der Waals surface area (Å²) in [7, 11) is 1.37. The molecule has 7 heteroatoms. The highest BCUT2D eigenvalue weighted by atomic mass is 79.9. The normalized spacial score (nSPS) is 10.3. The highest BCUT2D eigenvalue weighted by Crippen LogP contribution is 2.25. The number of benzene rings is 2. The number of nitrogens with one attached hydrogen (secondary N) is 1. The first-order valence-corrected chi connectivity index (χ1v) is 6.51. The summed E-state index contributed by atoms with van der Waals surface area (Å²) in [5.41, 5.74) is -0.325. The Hall–Kier alpha value is -2.02. The maximum atomic E-state index is 13.5. The standard InChI is InChI=1S/C14H9BrF3NO2/c1-21-11-6-7(15)2-3-8(11)14(20)19-10-5-4-9(16)12(17)13(10)18/h2-6H,1H3,(H,19,20). The number of ether oxygens (including phenoxy) is 1. The highest BCUT2D eigenvalue weighted by molar-refractivity contribution is 9.10. The number of hydrogen-bond acceptors (Lipinski definition) is 2. The van der Waals surface area contributed by atoms with Gasteiger partial charge in [-0.3, -0.25) is 4.79 Å². The quantitative estimate of drug-likeness (QED) is 0.836. The molecule has 0 aliphatic rings. The topological polar surface area (TPSA) is 38.3 Å². The van der Waals surface area contributed by atoms with E-state index in [1.165, 1.54) is 13.2 Å². The third-order valence-corrected chi connectivity index (χ3v) is 3.18. The number of hydrogen-bond donors (Lipinski definition) is 1. The van der Waals surface area contributed by atoms with Crippen molar-refractivity contribution >= 4 is 27.5 Å². The molecule has 0 aliphatic carbocycles. The van der Waals surface area contributed by atoms with Crippen molar-refractivity contribution in [3.8, 4) is 5.75 Å². The molecule has 2 rings (SSSR count). The van der Waals surface area contributed by atoms with Gasteiger partial charge in [-0.1, -0.05) is 15.9 Å². The predicted octanol–water partition coefficient (Wildman–Crippen LogP) is 4.13. The minimum atomic E-state index is -1.64. The Morgan fingerprint density at radius 1 is 1.14 bits per heavy atom. The molecular weight excluding hydrogens is 351 g/mol. The van der Waals surface area contributed by atoms with Gasteiger partial charge >= 0.3 is 0 Å². The molecule has 2 aromatic carbocycles. The van der Waals surface area contributed by atoms with Crippen LogP contribution < -0.4 is 10.1 Å². The van der Waals surface area contributed by atoms with Gasteiger partial charge in [0.1, 0.15) is 5.75 Å². The maximum absolute atomic E-state index is 13.5. The minimum absolute atomic E-state index is 0.129. The molecule has 0 spiro atoms. The fourth-order valence-electron chi connectivity index (χ4n) is 1.66. The lowest BCUT2D eigenvalue weighted by atomic mass is 10.1. The highest BCUT2D eigenvalue weighted by Gasteiger charge is 2.18. The van der Waals surface area contributed by atoms with E-state index in [1.54, 1.807) is 12.1 Å². The number of halogens is 4. The molecule has 0 saturated carbocycles. The molecule has 0 unspecified atom stereocenters. The molecule has 0 radical (unpaired) electrons. The zero-order valence-electron chi connectivity index (χ0n) is 10.7. The van der Waals surface area contributed by atoms with Crippen LogP contribution in [0.2, 0.25) is 0 Å². The van der Waals surface area contributed by atoms with Gasteiger partial charge in [0.15, 0.2) is 17.5 Å². The first-order chi connectivity index (χ1) is 9.93. The van der Waals surface area contributed by atoms with Gasteiger partial charge in [0.2, 0.25) is 0 Å². The van der Waals surface area contributed by atoms with Gasteiger partial charge in [-0.2, -0.15) is 0 Å². The lowest BCUT2D eigenvalue weighted by Gasteiger charge is -2.10. The summed E-state index contributed by atoms with van der Waals surface area (Å²) < 4.78 is 45.2. The summed E-state index contributed by atoms with van der Waals surface area (Å²) in [6, 6.07) is 6.27. The molecule has 0 atom stereocenters. The van der Waals surface area contributed by atoms with Crippen LogP contribution in [-0.4, -0.2) is 13.0 Å². The van der Waals surface area contributed by atoms with Crippen molar-refractivity contribution in [1.82, 2.24) is 0 Å². The van der Waals surface area contributed by atoms with E-state index in [9.17, 15) is 18.0 Å². The van der Waals surface area contributed by atoms with E-state index >= 15 is 0 Å². The summed E-state index contributed by atoms with van der Waals surface area (Å²) in [5.74, 6) is -4.88. The summed E-state index contributed by atoms with van der Waals surface area (Å²) in [4.78, 5) is 12.1. The van der Waals surface area contributed by atoms with E-state index in [0.717, 1.165) is 12.1 Å². The number of amides is 1. The molecule has 0 aromatic heterocycles. The fraction of sp³-hybridized carbons (Fsp3) is 0.0714. The van der Waals surface area contributed by atoms with Gasteiger partial charge in [-0.25, -0.2) is 13.2 Å². The Morgan fingerprint density at radius 3 is 2.52 bits per heavy atom. The van der Waals surface area contributed by atoms with Crippen molar-refractivity contribution in [2.24, 2.45) is 0 Å². The Balaban J connectivity index is 2.33. The molecule has 0 bridgehead atoms. The van der Waals surface area contributed by atoms with E-state index in [1.807, 2.05) is 0 Å². The maximum Gasteiger partial charge on any atom is 0.259 e. The summed E-state index contributed by atoms with van der Waals surface area (Å²) in [6.07, 6.45) is 0. The van der Waals surface area contributed by atoms with Crippen LogP contribution in [0.25, 0.3) is 0 Å². The summed E-state index contributed by atoms with van der Waals surface area (Å²) in [5, 5.41) is 2.17. The second-order valence-electron chi connectivity index (χ2n) is 4.02. The minimum Gasteiger partial charge on any atom is -0.496 e. The van der Waals surface area contributed by atoms with Crippen LogP contribution in [0.4, 0.5) is 18.9 Å². The van der Waals surface area contributed by atoms with Crippen LogP contribution in [0.3, 0.4) is 0 Å². The summed E-state index contributed by atoms with van der Waals surface area (Å²) >= 11 is 3.22. The van der Waals surface area contributed by atoms with Gasteiger partial charge in [0.25, 0.3) is 5.91 Å². The van der Waals surface area contributed by atoms with E-state index in [-0.39, 0.29) is 11.3 Å². The molecule has 1 N–H and O–H groups in total. The van der Waals surface area contributed by atoms with Gasteiger partial charge in [0.05, 0.1) is 18.4 Å². The van der Waals surface area contributed by atoms with Gasteiger partial charge in [-0.15, -0.1) is 0 Å². The van der Waals surface area contributed by atoms with E-state index in [2.05, 4.69) is 21.2 Å². The number of anilines is 1. The molecule has 0 fully saturated rings. The Kier molecular flexibility index (Phi) is 4.52. The number of carbonyl (C=O) groups excluding carboxylic acids is 1. The number of carbonyl (C=O) groups is 1. The second kappa shape index (κ2) is 6.17. The third kappa shape index (κ3) is 3.18. The Bertz CT molecular complexity index is 707. The summed E-state index contributed by atoms with van der Waals surface area (Å²) in [6.45, 7) is 0. The average molecular weight is 360 g/mol. The van der Waals surface area contributed by atoms with Crippen LogP contribution in [0, 0.1) is 17.5 Å². The van der Waals surface area contributed by atoms with Crippen molar-refractivity contribution in [2.75, 3.05) is 12.4 Å². The molecule has 1 amide bonds. The van der Waals surface area contributed by atoms with Crippen molar-refractivity contribution in [1.29, 1.82) is 0 Å². The SMILES string of the molecule is COc1cc(Br)ccc1C(=O)Nc1ccc(F)c(F)c1F. The fourth-order valence-corrected chi connectivity index (χ4v) is 2.00. The molecular formula is C14H9BrF3NO2. The first kappa shape index (κ1) is 15.4. The molecule has 0 saturated heterocycles. The molecule has 0 aliphatic heterocycles. The molecule has 21 heavy (non-hydrogen) atoms. The zero-order valence-corrected chi connectivity index (χ0v) is 12.3. The van der Waals surface area contributed by atoms with Crippen molar-refractivity contribution in [3.05, 3.63) is 57.8 Å². The molecule has 3 nitrogen and oxygen atoms in total. The zero-order chi connectivity index (χ0) is 15.6. The number of rotatable bonds is 3. The third-order valence-electron chi connectivity index (χ3n) is 2.69. The second-order valence-corrected chi connectivity index (χ2v) is 4.94. The van der Waals surface area contributed by atoms with Crippen molar-refractivity contribution in [3.63, 3.8) is 0 Å². The number of methoxy groups -OCH3 is 1. The van der Waals surface area contributed by atoms with Gasteiger partial charge < -0.3 is 10.1 Å². The Labute approximate surface area is 126 Å². The van der Waals surface area contributed by atoms with E-state index < -0.39 is 29.0 Å². The van der Waals surface area contributed by atoms with Crippen LogP contribution >= 0.6 is 15.9 Å². The van der Waals surface area contributed by atoms with Crippen molar-refractivity contribution < 1.29 is 22.7 Å². The average Bonchev–Trinajstić information content (AvgIpc) is 2.47.